The smallest absolute Gasteiger partial charge is 0.0320 e. The first-order valence-corrected chi connectivity index (χ1v) is 8.07. The molecule has 1 N–H and O–H groups in total. The lowest BCUT2D eigenvalue weighted by Crippen LogP contribution is -2.36. The van der Waals surface area contributed by atoms with E-state index in [0.717, 1.165) is 17.9 Å². The van der Waals surface area contributed by atoms with Gasteiger partial charge in [-0.05, 0) is 55.2 Å². The molecule has 1 aromatic rings. The molecule has 2 aliphatic carbocycles. The molecule has 0 amide bonds. The predicted octanol–water partition coefficient (Wildman–Crippen LogP) is 4.68. The van der Waals surface area contributed by atoms with Gasteiger partial charge in [0, 0.05) is 16.6 Å². The Labute approximate surface area is 118 Å². The van der Waals surface area contributed by atoms with Crippen molar-refractivity contribution in [3.05, 3.63) is 34.3 Å². The molecular weight excluding hydrogens is 286 g/mol. The third-order valence-corrected chi connectivity index (χ3v) is 5.31. The van der Waals surface area contributed by atoms with Gasteiger partial charge in [-0.2, -0.15) is 0 Å². The highest BCUT2D eigenvalue weighted by Gasteiger charge is 2.39. The van der Waals surface area contributed by atoms with E-state index in [9.17, 15) is 0 Å². The molecule has 4 atom stereocenters. The van der Waals surface area contributed by atoms with Crippen LogP contribution in [0.2, 0.25) is 0 Å². The minimum atomic E-state index is 0.520. The van der Waals surface area contributed by atoms with Crippen LogP contribution in [0.4, 0.5) is 0 Å². The average Bonchev–Trinajstić information content (AvgIpc) is 2.98. The first-order chi connectivity index (χ1) is 8.76. The van der Waals surface area contributed by atoms with Gasteiger partial charge in [-0.3, -0.25) is 0 Å². The fourth-order valence-corrected chi connectivity index (χ4v) is 4.30. The molecule has 2 aliphatic rings. The van der Waals surface area contributed by atoms with Crippen LogP contribution in [0.1, 0.15) is 50.6 Å². The average molecular weight is 308 g/mol. The van der Waals surface area contributed by atoms with E-state index in [1.165, 1.54) is 42.1 Å². The summed E-state index contributed by atoms with van der Waals surface area (Å²) in [7, 11) is 0. The maximum Gasteiger partial charge on any atom is 0.0320 e. The zero-order chi connectivity index (χ0) is 12.5. The summed E-state index contributed by atoms with van der Waals surface area (Å²) in [6, 6.07) is 10.0. The zero-order valence-corrected chi connectivity index (χ0v) is 12.6. The molecule has 0 saturated heterocycles. The van der Waals surface area contributed by atoms with Crippen molar-refractivity contribution in [1.29, 1.82) is 0 Å². The Bertz CT molecular complexity index is 417. The fraction of sp³-hybridized carbons (Fsp3) is 0.625. The Hall–Kier alpha value is -0.340. The van der Waals surface area contributed by atoms with Crippen LogP contribution in [0.25, 0.3) is 0 Å². The van der Waals surface area contributed by atoms with E-state index in [1.807, 2.05) is 0 Å². The molecule has 2 heteroatoms. The molecule has 0 heterocycles. The summed E-state index contributed by atoms with van der Waals surface area (Å²) in [6.45, 7) is 2.28. The molecule has 2 bridgehead atoms. The van der Waals surface area contributed by atoms with Gasteiger partial charge in [0.25, 0.3) is 0 Å². The van der Waals surface area contributed by atoms with Crippen LogP contribution in [0.5, 0.6) is 0 Å². The number of fused-ring (bicyclic) bond motifs is 2. The van der Waals surface area contributed by atoms with Gasteiger partial charge in [0.2, 0.25) is 0 Å². The normalized spacial score (nSPS) is 31.8. The molecule has 0 aliphatic heterocycles. The Morgan fingerprint density at radius 1 is 1.33 bits per heavy atom. The van der Waals surface area contributed by atoms with Gasteiger partial charge in [-0.1, -0.05) is 41.4 Å². The fourth-order valence-electron chi connectivity index (χ4n) is 3.88. The van der Waals surface area contributed by atoms with E-state index in [4.69, 9.17) is 0 Å². The highest BCUT2D eigenvalue weighted by Crippen LogP contribution is 2.45. The lowest BCUT2D eigenvalue weighted by molar-refractivity contribution is 0.315. The Morgan fingerprint density at radius 2 is 2.22 bits per heavy atom. The van der Waals surface area contributed by atoms with Crippen LogP contribution in [0, 0.1) is 11.8 Å². The summed E-state index contributed by atoms with van der Waals surface area (Å²) in [4.78, 5) is 0. The molecule has 98 valence electrons. The van der Waals surface area contributed by atoms with Gasteiger partial charge < -0.3 is 5.32 Å². The summed E-state index contributed by atoms with van der Waals surface area (Å²) in [5, 5.41) is 3.92. The Kier molecular flexibility index (Phi) is 3.76. The van der Waals surface area contributed by atoms with Crippen molar-refractivity contribution in [1.82, 2.24) is 5.32 Å². The van der Waals surface area contributed by atoms with Crippen molar-refractivity contribution in [3.63, 3.8) is 0 Å². The summed E-state index contributed by atoms with van der Waals surface area (Å²) in [5.74, 6) is 1.98. The minimum absolute atomic E-state index is 0.520. The van der Waals surface area contributed by atoms with Gasteiger partial charge in [-0.25, -0.2) is 0 Å². The predicted molar refractivity (Wildman–Crippen MR) is 79.5 cm³/mol. The zero-order valence-electron chi connectivity index (χ0n) is 11.0. The molecule has 1 nitrogen and oxygen atoms in total. The topological polar surface area (TPSA) is 12.0 Å². The molecule has 3 rings (SSSR count). The summed E-state index contributed by atoms with van der Waals surface area (Å²) in [6.07, 6.45) is 7.00. The second-order valence-electron chi connectivity index (χ2n) is 5.96. The molecule has 2 saturated carbocycles. The van der Waals surface area contributed by atoms with Gasteiger partial charge in [0.05, 0.1) is 0 Å². The molecule has 0 spiro atoms. The number of benzene rings is 1. The van der Waals surface area contributed by atoms with Crippen molar-refractivity contribution in [2.24, 2.45) is 11.8 Å². The van der Waals surface area contributed by atoms with Crippen LogP contribution in [0.15, 0.2) is 28.7 Å². The van der Waals surface area contributed by atoms with Crippen molar-refractivity contribution in [2.45, 2.75) is 51.1 Å². The molecule has 1 aromatic carbocycles. The van der Waals surface area contributed by atoms with Crippen molar-refractivity contribution in [2.75, 3.05) is 0 Å². The summed E-state index contributed by atoms with van der Waals surface area (Å²) in [5.41, 5.74) is 1.43. The standard InChI is InChI=1S/C16H22BrN/c1-2-15(12-4-3-5-14(17)10-12)18-16-9-11-6-7-13(16)8-11/h3-5,10-11,13,15-16,18H,2,6-9H2,1H3. The lowest BCUT2D eigenvalue weighted by atomic mass is 9.93. The molecule has 0 radical (unpaired) electrons. The number of hydrogen-bond acceptors (Lipinski definition) is 1. The maximum absolute atomic E-state index is 3.92. The minimum Gasteiger partial charge on any atom is -0.307 e. The maximum atomic E-state index is 3.92. The third-order valence-electron chi connectivity index (χ3n) is 4.81. The largest absolute Gasteiger partial charge is 0.307 e. The van der Waals surface area contributed by atoms with Crippen molar-refractivity contribution in [3.8, 4) is 0 Å². The van der Waals surface area contributed by atoms with Gasteiger partial charge in [-0.15, -0.1) is 0 Å². The van der Waals surface area contributed by atoms with Gasteiger partial charge in [0.1, 0.15) is 0 Å². The highest BCUT2D eigenvalue weighted by atomic mass is 79.9. The van der Waals surface area contributed by atoms with Crippen LogP contribution < -0.4 is 5.32 Å². The monoisotopic (exact) mass is 307 g/mol. The summed E-state index contributed by atoms with van der Waals surface area (Å²) < 4.78 is 1.19. The highest BCUT2D eigenvalue weighted by molar-refractivity contribution is 9.10. The van der Waals surface area contributed by atoms with Crippen LogP contribution in [0.3, 0.4) is 0 Å². The second kappa shape index (κ2) is 5.34. The molecule has 2 fully saturated rings. The molecule has 0 aromatic heterocycles. The van der Waals surface area contributed by atoms with E-state index in [2.05, 4.69) is 52.4 Å². The third kappa shape index (κ3) is 2.50. The molecular formula is C16H22BrN. The van der Waals surface area contributed by atoms with Crippen LogP contribution >= 0.6 is 15.9 Å². The van der Waals surface area contributed by atoms with Gasteiger partial charge in [0.15, 0.2) is 0 Å². The number of hydrogen-bond donors (Lipinski definition) is 1. The SMILES string of the molecule is CCC(NC1CC2CCC1C2)c1cccc(Br)c1. The van der Waals surface area contributed by atoms with Crippen molar-refractivity contribution >= 4 is 15.9 Å². The van der Waals surface area contributed by atoms with E-state index >= 15 is 0 Å². The summed E-state index contributed by atoms with van der Waals surface area (Å²) >= 11 is 3.58. The quantitative estimate of drug-likeness (QED) is 0.851. The molecule has 18 heavy (non-hydrogen) atoms. The first-order valence-electron chi connectivity index (χ1n) is 7.27. The Balaban J connectivity index is 1.69. The second-order valence-corrected chi connectivity index (χ2v) is 6.88. The lowest BCUT2D eigenvalue weighted by Gasteiger charge is -2.28. The van der Waals surface area contributed by atoms with Crippen molar-refractivity contribution < 1.29 is 0 Å². The van der Waals surface area contributed by atoms with E-state index in [-0.39, 0.29) is 0 Å². The molecule has 4 unspecified atom stereocenters. The van der Waals surface area contributed by atoms with Crippen LogP contribution in [-0.2, 0) is 0 Å². The van der Waals surface area contributed by atoms with E-state index in [0.29, 0.717) is 6.04 Å². The first kappa shape index (κ1) is 12.7. The van der Waals surface area contributed by atoms with Gasteiger partial charge >= 0.3 is 0 Å². The number of nitrogens with one attached hydrogen (secondary N) is 1. The van der Waals surface area contributed by atoms with E-state index in [1.54, 1.807) is 0 Å². The van der Waals surface area contributed by atoms with Crippen LogP contribution in [-0.4, -0.2) is 6.04 Å². The van der Waals surface area contributed by atoms with E-state index < -0.39 is 0 Å². The Morgan fingerprint density at radius 3 is 2.83 bits per heavy atom. The number of halogens is 1. The number of rotatable bonds is 4.